The molecule has 0 aromatic carbocycles. The highest BCUT2D eigenvalue weighted by Crippen LogP contribution is 2.22. The van der Waals surface area contributed by atoms with Crippen LogP contribution in [0.4, 0.5) is 0 Å². The molecule has 0 aliphatic carbocycles. The maximum absolute atomic E-state index is 11.9. The Kier molecular flexibility index (Phi) is 9.07. The lowest BCUT2D eigenvalue weighted by Gasteiger charge is -2.26. The fraction of sp³-hybridized carbons (Fsp3) is 0.923. The Morgan fingerprint density at radius 2 is 2.00 bits per heavy atom. The number of amides is 1. The van der Waals surface area contributed by atoms with E-state index in [9.17, 15) is 4.79 Å². The number of hydrogen-bond donors (Lipinski definition) is 2. The highest BCUT2D eigenvalue weighted by atomic mass is 35.5. The van der Waals surface area contributed by atoms with Gasteiger partial charge in [0.2, 0.25) is 5.91 Å². The maximum atomic E-state index is 11.9. The van der Waals surface area contributed by atoms with Crippen LogP contribution in [-0.4, -0.2) is 42.2 Å². The Labute approximate surface area is 127 Å². The van der Waals surface area contributed by atoms with Crippen molar-refractivity contribution in [3.63, 3.8) is 0 Å². The third-order valence-corrected chi connectivity index (χ3v) is 4.29. The molecule has 1 heterocycles. The molecule has 1 unspecified atom stereocenters. The number of rotatable bonds is 5. The van der Waals surface area contributed by atoms with E-state index in [2.05, 4.69) is 26.1 Å². The first kappa shape index (κ1) is 19.0. The molecule has 1 saturated heterocycles. The van der Waals surface area contributed by atoms with Gasteiger partial charge >= 0.3 is 0 Å². The van der Waals surface area contributed by atoms with Crippen LogP contribution in [0.25, 0.3) is 0 Å². The van der Waals surface area contributed by atoms with E-state index in [4.69, 9.17) is 10.5 Å². The highest BCUT2D eigenvalue weighted by molar-refractivity contribution is 8.00. The molecule has 0 bridgehead atoms. The molecule has 1 aliphatic heterocycles. The molecule has 114 valence electrons. The lowest BCUT2D eigenvalue weighted by Crippen LogP contribution is -2.47. The minimum absolute atomic E-state index is 0. The van der Waals surface area contributed by atoms with Gasteiger partial charge in [-0.3, -0.25) is 4.79 Å². The molecule has 0 saturated carbocycles. The number of thioether (sulfide) groups is 1. The molecule has 0 aromatic heterocycles. The molecule has 1 amide bonds. The van der Waals surface area contributed by atoms with E-state index in [0.29, 0.717) is 6.54 Å². The van der Waals surface area contributed by atoms with Crippen molar-refractivity contribution in [1.82, 2.24) is 5.32 Å². The van der Waals surface area contributed by atoms with Gasteiger partial charge in [0.1, 0.15) is 0 Å². The second-order valence-corrected chi connectivity index (χ2v) is 7.65. The van der Waals surface area contributed by atoms with Gasteiger partial charge < -0.3 is 15.8 Å². The fourth-order valence-electron chi connectivity index (χ4n) is 1.94. The Morgan fingerprint density at radius 3 is 2.53 bits per heavy atom. The van der Waals surface area contributed by atoms with E-state index in [-0.39, 0.29) is 35.0 Å². The summed E-state index contributed by atoms with van der Waals surface area (Å²) in [6.45, 7) is 8.67. The lowest BCUT2D eigenvalue weighted by molar-refractivity contribution is -0.124. The standard InChI is InChI=1S/C13H26N2O2S.ClH/c1-13(2,3)18-9-6-15-12(16)11(14)10-4-7-17-8-5-10;/h10-11H,4-9,14H2,1-3H3,(H,15,16);1H. The normalized spacial score (nSPS) is 18.5. The summed E-state index contributed by atoms with van der Waals surface area (Å²) in [5.41, 5.74) is 5.99. The highest BCUT2D eigenvalue weighted by Gasteiger charge is 2.26. The molecule has 0 radical (unpaired) electrons. The molecule has 19 heavy (non-hydrogen) atoms. The summed E-state index contributed by atoms with van der Waals surface area (Å²) in [7, 11) is 0. The van der Waals surface area contributed by atoms with Gasteiger partial charge in [-0.1, -0.05) is 20.8 Å². The van der Waals surface area contributed by atoms with Crippen LogP contribution in [0.3, 0.4) is 0 Å². The van der Waals surface area contributed by atoms with Gasteiger partial charge in [0.25, 0.3) is 0 Å². The Balaban J connectivity index is 0.00000324. The van der Waals surface area contributed by atoms with Gasteiger partial charge in [0.15, 0.2) is 0 Å². The second-order valence-electron chi connectivity index (χ2n) is 5.73. The van der Waals surface area contributed by atoms with E-state index >= 15 is 0 Å². The van der Waals surface area contributed by atoms with E-state index in [1.165, 1.54) is 0 Å². The summed E-state index contributed by atoms with van der Waals surface area (Å²) in [6, 6.07) is -0.381. The Morgan fingerprint density at radius 1 is 1.42 bits per heavy atom. The number of carbonyl (C=O) groups excluding carboxylic acids is 1. The predicted molar refractivity (Wildman–Crippen MR) is 84.0 cm³/mol. The summed E-state index contributed by atoms with van der Waals surface area (Å²) in [4.78, 5) is 11.9. The molecular weight excluding hydrogens is 284 g/mol. The van der Waals surface area contributed by atoms with Crippen molar-refractivity contribution in [2.24, 2.45) is 11.7 Å². The number of nitrogens with one attached hydrogen (secondary N) is 1. The van der Waals surface area contributed by atoms with Crippen LogP contribution < -0.4 is 11.1 Å². The van der Waals surface area contributed by atoms with Crippen molar-refractivity contribution in [2.45, 2.75) is 44.4 Å². The topological polar surface area (TPSA) is 64.4 Å². The smallest absolute Gasteiger partial charge is 0.237 e. The molecule has 0 spiro atoms. The van der Waals surface area contributed by atoms with Gasteiger partial charge in [-0.25, -0.2) is 0 Å². The first-order chi connectivity index (χ1) is 8.40. The minimum atomic E-state index is -0.381. The third-order valence-electron chi connectivity index (χ3n) is 3.01. The van der Waals surface area contributed by atoms with Crippen LogP contribution >= 0.6 is 24.2 Å². The second kappa shape index (κ2) is 9.06. The van der Waals surface area contributed by atoms with Crippen LogP contribution in [-0.2, 0) is 9.53 Å². The molecular formula is C13H27ClN2O2S. The number of hydrogen-bond acceptors (Lipinski definition) is 4. The van der Waals surface area contributed by atoms with E-state index in [1.54, 1.807) is 0 Å². The zero-order chi connectivity index (χ0) is 13.6. The summed E-state index contributed by atoms with van der Waals surface area (Å²) in [5, 5.41) is 2.93. The van der Waals surface area contributed by atoms with Gasteiger partial charge in [-0.2, -0.15) is 11.8 Å². The number of carbonyl (C=O) groups is 1. The molecule has 6 heteroatoms. The Hall–Kier alpha value is 0.0300. The summed E-state index contributed by atoms with van der Waals surface area (Å²) in [5.74, 6) is 1.18. The van der Waals surface area contributed by atoms with E-state index in [0.717, 1.165) is 31.8 Å². The van der Waals surface area contributed by atoms with Gasteiger partial charge in [0.05, 0.1) is 6.04 Å². The number of nitrogens with two attached hydrogens (primary N) is 1. The maximum Gasteiger partial charge on any atom is 0.237 e. The van der Waals surface area contributed by atoms with Crippen molar-refractivity contribution < 1.29 is 9.53 Å². The Bertz CT molecular complexity index is 266. The summed E-state index contributed by atoms with van der Waals surface area (Å²) < 4.78 is 5.52. The van der Waals surface area contributed by atoms with Crippen LogP contribution in [0.2, 0.25) is 0 Å². The van der Waals surface area contributed by atoms with Crippen molar-refractivity contribution in [2.75, 3.05) is 25.5 Å². The summed E-state index contributed by atoms with van der Waals surface area (Å²) >= 11 is 1.85. The SMILES string of the molecule is CC(C)(C)SCCNC(=O)C(N)C1CCOCC1.Cl. The molecule has 4 nitrogen and oxygen atoms in total. The van der Waals surface area contributed by atoms with Crippen molar-refractivity contribution in [3.8, 4) is 0 Å². The van der Waals surface area contributed by atoms with Crippen molar-refractivity contribution in [3.05, 3.63) is 0 Å². The van der Waals surface area contributed by atoms with Crippen LogP contribution in [0, 0.1) is 5.92 Å². The molecule has 1 atom stereocenters. The van der Waals surface area contributed by atoms with Crippen molar-refractivity contribution in [1.29, 1.82) is 0 Å². The first-order valence-corrected chi connectivity index (χ1v) is 7.64. The summed E-state index contributed by atoms with van der Waals surface area (Å²) in [6.07, 6.45) is 1.79. The van der Waals surface area contributed by atoms with Gasteiger partial charge in [0, 0.05) is 30.3 Å². The molecule has 1 rings (SSSR count). The molecule has 3 N–H and O–H groups in total. The van der Waals surface area contributed by atoms with E-state index in [1.807, 2.05) is 11.8 Å². The monoisotopic (exact) mass is 310 g/mol. The van der Waals surface area contributed by atoms with Crippen LogP contribution in [0.5, 0.6) is 0 Å². The van der Waals surface area contributed by atoms with Gasteiger partial charge in [-0.15, -0.1) is 12.4 Å². The quantitative estimate of drug-likeness (QED) is 0.760. The minimum Gasteiger partial charge on any atom is -0.381 e. The van der Waals surface area contributed by atoms with Crippen molar-refractivity contribution >= 4 is 30.1 Å². The van der Waals surface area contributed by atoms with E-state index < -0.39 is 0 Å². The first-order valence-electron chi connectivity index (χ1n) is 6.65. The lowest BCUT2D eigenvalue weighted by atomic mass is 9.92. The molecule has 1 fully saturated rings. The molecule has 0 aromatic rings. The number of ether oxygens (including phenoxy) is 1. The third kappa shape index (κ3) is 8.02. The van der Waals surface area contributed by atoms with Gasteiger partial charge in [-0.05, 0) is 18.8 Å². The number of halogens is 1. The zero-order valence-electron chi connectivity index (χ0n) is 12.1. The average Bonchev–Trinajstić information content (AvgIpc) is 2.33. The fourth-order valence-corrected chi connectivity index (χ4v) is 2.75. The zero-order valence-corrected chi connectivity index (χ0v) is 13.7. The largest absolute Gasteiger partial charge is 0.381 e. The van der Waals surface area contributed by atoms with Crippen LogP contribution in [0.15, 0.2) is 0 Å². The molecule has 1 aliphatic rings. The predicted octanol–water partition coefficient (Wildman–Crippen LogP) is 1.81. The average molecular weight is 311 g/mol. The van der Waals surface area contributed by atoms with Crippen LogP contribution in [0.1, 0.15) is 33.6 Å².